The lowest BCUT2D eigenvalue weighted by atomic mass is 10.2. The van der Waals surface area contributed by atoms with Crippen molar-refractivity contribution in [3.63, 3.8) is 0 Å². The summed E-state index contributed by atoms with van der Waals surface area (Å²) in [7, 11) is -4.90. The molecular weight excluding hydrogens is 308 g/mol. The van der Waals surface area contributed by atoms with Crippen molar-refractivity contribution in [2.75, 3.05) is 5.01 Å². The predicted octanol–water partition coefficient (Wildman–Crippen LogP) is 1.43. The van der Waals surface area contributed by atoms with Gasteiger partial charge in [-0.15, -0.1) is 0 Å². The van der Waals surface area contributed by atoms with E-state index in [0.29, 0.717) is 11.4 Å². The zero-order valence-corrected chi connectivity index (χ0v) is 12.1. The van der Waals surface area contributed by atoms with E-state index in [1.54, 1.807) is 66.1 Å². The number of hydrogen-bond acceptors (Lipinski definition) is 5. The van der Waals surface area contributed by atoms with Crippen molar-refractivity contribution in [1.82, 2.24) is 9.84 Å². The highest BCUT2D eigenvalue weighted by Crippen LogP contribution is 2.28. The maximum Gasteiger partial charge on any atom is 0.382 e. The molecule has 0 fully saturated rings. The second-order valence-corrected chi connectivity index (χ2v) is 5.39. The quantitative estimate of drug-likeness (QED) is 0.339. The van der Waals surface area contributed by atoms with Gasteiger partial charge in [0.1, 0.15) is 0 Å². The zero-order chi connectivity index (χ0) is 16.2. The van der Waals surface area contributed by atoms with Crippen molar-refractivity contribution in [3.8, 4) is 0 Å². The third kappa shape index (κ3) is 3.34. The Balaban J connectivity index is 2.64. The second-order valence-electron chi connectivity index (χ2n) is 4.15. The average Bonchev–Trinajstić information content (AvgIpc) is 2.52. The van der Waals surface area contributed by atoms with Crippen molar-refractivity contribution in [1.29, 1.82) is 0 Å². The van der Waals surface area contributed by atoms with Crippen LogP contribution in [-0.4, -0.2) is 23.4 Å². The fraction of sp³-hybridized carbons (Fsp3) is 0. The normalized spacial score (nSPS) is 10.8. The van der Waals surface area contributed by atoms with Crippen LogP contribution in [0.25, 0.3) is 0 Å². The van der Waals surface area contributed by atoms with Crippen molar-refractivity contribution in [2.24, 2.45) is 5.84 Å². The summed E-state index contributed by atoms with van der Waals surface area (Å²) >= 11 is 0. The van der Waals surface area contributed by atoms with E-state index in [4.69, 9.17) is 5.84 Å². The monoisotopic (exact) mass is 322 g/mol. The summed E-state index contributed by atoms with van der Waals surface area (Å²) in [5.41, 5.74) is 2.38. The number of nitrogens with one attached hydrogen (secondary N) is 1. The van der Waals surface area contributed by atoms with Crippen LogP contribution < -0.4 is 16.3 Å². The van der Waals surface area contributed by atoms with E-state index in [0.717, 1.165) is 5.01 Å². The molecule has 8 nitrogen and oxygen atoms in total. The third-order valence-corrected chi connectivity index (χ3v) is 3.47. The highest BCUT2D eigenvalue weighted by atomic mass is 32.2. The van der Waals surface area contributed by atoms with Crippen LogP contribution in [0.5, 0.6) is 0 Å². The SMILES string of the molecule is NNC(=O)N(N(c1ccccc1)c1ccccc1)S(=O)(=O)O. The molecule has 0 saturated heterocycles. The summed E-state index contributed by atoms with van der Waals surface area (Å²) < 4.78 is 32.8. The molecule has 116 valence electrons. The highest BCUT2D eigenvalue weighted by molar-refractivity contribution is 7.84. The van der Waals surface area contributed by atoms with Crippen LogP contribution in [0.1, 0.15) is 0 Å². The molecule has 2 rings (SSSR count). The zero-order valence-electron chi connectivity index (χ0n) is 11.3. The number of hydrazine groups is 2. The minimum absolute atomic E-state index is 0.137. The summed E-state index contributed by atoms with van der Waals surface area (Å²) in [5, 5.41) is 1.03. The molecule has 9 heteroatoms. The van der Waals surface area contributed by atoms with E-state index in [-0.39, 0.29) is 4.41 Å². The number of hydrogen-bond donors (Lipinski definition) is 3. The number of urea groups is 1. The Hall–Kier alpha value is -2.62. The van der Waals surface area contributed by atoms with E-state index in [9.17, 15) is 17.8 Å². The van der Waals surface area contributed by atoms with Crippen LogP contribution in [-0.2, 0) is 10.3 Å². The Morgan fingerprint density at radius 3 is 1.68 bits per heavy atom. The lowest BCUT2D eigenvalue weighted by Gasteiger charge is -2.32. The smallest absolute Gasteiger partial charge is 0.273 e. The molecule has 0 atom stereocenters. The third-order valence-electron chi connectivity index (χ3n) is 2.70. The maximum atomic E-state index is 11.9. The number of amides is 2. The minimum Gasteiger partial charge on any atom is -0.273 e. The second kappa shape index (κ2) is 6.43. The number of anilines is 2. The first-order valence-electron chi connectivity index (χ1n) is 6.13. The Kier molecular flexibility index (Phi) is 4.61. The van der Waals surface area contributed by atoms with Crippen molar-refractivity contribution < 1.29 is 17.8 Å². The molecular formula is C13H14N4O4S. The van der Waals surface area contributed by atoms with Gasteiger partial charge in [0.05, 0.1) is 11.4 Å². The van der Waals surface area contributed by atoms with Gasteiger partial charge in [-0.25, -0.2) is 15.6 Å². The maximum absolute atomic E-state index is 11.9. The Labute approximate surface area is 127 Å². The van der Waals surface area contributed by atoms with Crippen LogP contribution in [0, 0.1) is 0 Å². The van der Waals surface area contributed by atoms with Gasteiger partial charge in [-0.2, -0.15) is 8.42 Å². The molecule has 2 aromatic carbocycles. The van der Waals surface area contributed by atoms with Gasteiger partial charge in [0, 0.05) is 0 Å². The van der Waals surface area contributed by atoms with Gasteiger partial charge in [-0.1, -0.05) is 40.8 Å². The molecule has 0 radical (unpaired) electrons. The molecule has 2 amide bonds. The van der Waals surface area contributed by atoms with Crippen LogP contribution in [0.4, 0.5) is 16.2 Å². The Bertz CT molecular complexity index is 698. The summed E-state index contributed by atoms with van der Waals surface area (Å²) in [5.74, 6) is 5.02. The van der Waals surface area contributed by atoms with E-state index in [1.165, 1.54) is 0 Å². The van der Waals surface area contributed by atoms with Crippen LogP contribution in [0.3, 0.4) is 0 Å². The Morgan fingerprint density at radius 2 is 1.36 bits per heavy atom. The number of para-hydroxylation sites is 2. The number of carbonyl (C=O) groups excluding carboxylic acids is 1. The molecule has 0 spiro atoms. The van der Waals surface area contributed by atoms with E-state index < -0.39 is 16.3 Å². The van der Waals surface area contributed by atoms with Crippen LogP contribution in [0.2, 0.25) is 0 Å². The highest BCUT2D eigenvalue weighted by Gasteiger charge is 2.33. The first-order valence-corrected chi connectivity index (χ1v) is 7.53. The van der Waals surface area contributed by atoms with Gasteiger partial charge in [-0.3, -0.25) is 9.98 Å². The van der Waals surface area contributed by atoms with E-state index in [1.807, 2.05) is 0 Å². The average molecular weight is 322 g/mol. The van der Waals surface area contributed by atoms with Gasteiger partial charge >= 0.3 is 16.3 Å². The molecule has 0 unspecified atom stereocenters. The van der Waals surface area contributed by atoms with Gasteiger partial charge in [0.2, 0.25) is 0 Å². The molecule has 0 aliphatic rings. The molecule has 4 N–H and O–H groups in total. The molecule has 22 heavy (non-hydrogen) atoms. The summed E-state index contributed by atoms with van der Waals surface area (Å²) in [4.78, 5) is 11.9. The minimum atomic E-state index is -4.90. The topological polar surface area (TPSA) is 116 Å². The molecule has 0 aliphatic heterocycles. The molecule has 2 aromatic rings. The first-order chi connectivity index (χ1) is 10.4. The summed E-state index contributed by atoms with van der Waals surface area (Å²) in [6.45, 7) is 0. The number of nitrogens with zero attached hydrogens (tertiary/aromatic N) is 2. The van der Waals surface area contributed by atoms with Gasteiger partial charge < -0.3 is 0 Å². The fourth-order valence-corrected chi connectivity index (χ4v) is 2.51. The van der Waals surface area contributed by atoms with E-state index in [2.05, 4.69) is 0 Å². The standard InChI is InChI=1S/C13H14N4O4S/c14-15-13(18)17(22(19,20)21)16(11-7-3-1-4-8-11)12-9-5-2-6-10-12/h1-10H,14H2,(H,15,18)(H,19,20,21). The number of rotatable bonds is 4. The lowest BCUT2D eigenvalue weighted by Crippen LogP contribution is -2.53. The largest absolute Gasteiger partial charge is 0.382 e. The van der Waals surface area contributed by atoms with Crippen molar-refractivity contribution in [2.45, 2.75) is 0 Å². The van der Waals surface area contributed by atoms with Crippen molar-refractivity contribution >= 4 is 27.7 Å². The number of carbonyl (C=O) groups is 1. The summed E-state index contributed by atoms with van der Waals surface area (Å²) in [6, 6.07) is 15.2. The fourth-order valence-electron chi connectivity index (χ4n) is 1.85. The van der Waals surface area contributed by atoms with Gasteiger partial charge in [-0.05, 0) is 24.3 Å². The Morgan fingerprint density at radius 1 is 0.955 bits per heavy atom. The molecule has 0 aliphatic carbocycles. The number of nitrogens with two attached hydrogens (primary N) is 1. The lowest BCUT2D eigenvalue weighted by molar-refractivity contribution is 0.220. The van der Waals surface area contributed by atoms with Gasteiger partial charge in [0.25, 0.3) is 0 Å². The first kappa shape index (κ1) is 15.8. The predicted molar refractivity (Wildman–Crippen MR) is 81.1 cm³/mol. The molecule has 0 saturated carbocycles. The number of benzene rings is 2. The molecule has 0 heterocycles. The van der Waals surface area contributed by atoms with Crippen LogP contribution >= 0.6 is 0 Å². The van der Waals surface area contributed by atoms with Crippen molar-refractivity contribution in [3.05, 3.63) is 60.7 Å². The molecule has 0 aromatic heterocycles. The van der Waals surface area contributed by atoms with Gasteiger partial charge in [0.15, 0.2) is 0 Å². The molecule has 0 bridgehead atoms. The summed E-state index contributed by atoms with van der Waals surface area (Å²) in [6.07, 6.45) is 0. The van der Waals surface area contributed by atoms with Crippen LogP contribution in [0.15, 0.2) is 60.7 Å². The van der Waals surface area contributed by atoms with E-state index >= 15 is 0 Å².